The number of aromatic nitrogens is 1. The van der Waals surface area contributed by atoms with Gasteiger partial charge in [0.15, 0.2) is 0 Å². The van der Waals surface area contributed by atoms with E-state index in [0.29, 0.717) is 5.56 Å². The zero-order valence-electron chi connectivity index (χ0n) is 15.2. The van der Waals surface area contributed by atoms with E-state index in [2.05, 4.69) is 5.32 Å². The van der Waals surface area contributed by atoms with Gasteiger partial charge in [0.25, 0.3) is 5.91 Å². The Hall–Kier alpha value is -2.34. The van der Waals surface area contributed by atoms with Crippen LogP contribution in [0, 0.1) is 0 Å². The molecule has 0 bridgehead atoms. The van der Waals surface area contributed by atoms with Gasteiger partial charge in [-0.25, -0.2) is 4.79 Å². The zero-order chi connectivity index (χ0) is 18.6. The van der Waals surface area contributed by atoms with E-state index in [-0.39, 0.29) is 24.5 Å². The van der Waals surface area contributed by atoms with E-state index in [0.717, 1.165) is 17.4 Å². The number of nitrogens with one attached hydrogen (secondary N) is 1. The summed E-state index contributed by atoms with van der Waals surface area (Å²) in [5.41, 5.74) is 1.10. The zero-order valence-corrected chi connectivity index (χ0v) is 15.2. The van der Waals surface area contributed by atoms with E-state index in [1.165, 1.54) is 0 Å². The van der Waals surface area contributed by atoms with Crippen LogP contribution in [0.15, 0.2) is 30.5 Å². The molecule has 0 spiro atoms. The molecular formula is C19H26N2O4. The van der Waals surface area contributed by atoms with Crippen molar-refractivity contribution in [3.63, 3.8) is 0 Å². The smallest absolute Gasteiger partial charge is 0.326 e. The van der Waals surface area contributed by atoms with Crippen molar-refractivity contribution in [2.24, 2.45) is 0 Å². The number of carbonyl (C=O) groups is 2. The van der Waals surface area contributed by atoms with Gasteiger partial charge in [-0.2, -0.15) is 0 Å². The molecule has 2 aromatic rings. The molecule has 25 heavy (non-hydrogen) atoms. The molecule has 0 aliphatic rings. The average Bonchev–Trinajstić information content (AvgIpc) is 2.91. The third-order valence-corrected chi connectivity index (χ3v) is 3.92. The molecule has 0 fully saturated rings. The van der Waals surface area contributed by atoms with Gasteiger partial charge in [0.1, 0.15) is 6.04 Å². The summed E-state index contributed by atoms with van der Waals surface area (Å²) in [6.45, 7) is 8.70. The lowest BCUT2D eigenvalue weighted by atomic mass is 10.1. The molecule has 1 aromatic carbocycles. The molecule has 0 aliphatic heterocycles. The first kappa shape index (κ1) is 19.0. The number of carboxylic acids is 1. The lowest BCUT2D eigenvalue weighted by Gasteiger charge is -2.21. The van der Waals surface area contributed by atoms with Crippen LogP contribution in [0.1, 0.15) is 44.5 Å². The highest BCUT2D eigenvalue weighted by molar-refractivity contribution is 6.07. The Bertz CT molecular complexity index is 758. The number of hydrogen-bond acceptors (Lipinski definition) is 3. The normalized spacial score (nSPS) is 13.0. The number of aliphatic carboxylic acids is 1. The highest BCUT2D eigenvalue weighted by Crippen LogP contribution is 2.21. The second-order valence-electron chi connectivity index (χ2n) is 6.96. The summed E-state index contributed by atoms with van der Waals surface area (Å²) in [7, 11) is 0. The van der Waals surface area contributed by atoms with Gasteiger partial charge < -0.3 is 19.7 Å². The number of amides is 1. The Labute approximate surface area is 147 Å². The lowest BCUT2D eigenvalue weighted by Crippen LogP contribution is -2.42. The molecule has 0 saturated carbocycles. The van der Waals surface area contributed by atoms with Crippen molar-refractivity contribution in [2.75, 3.05) is 6.61 Å². The van der Waals surface area contributed by atoms with Crippen molar-refractivity contribution in [3.05, 3.63) is 36.0 Å². The van der Waals surface area contributed by atoms with Crippen LogP contribution >= 0.6 is 0 Å². The molecule has 0 aliphatic carbocycles. The van der Waals surface area contributed by atoms with E-state index < -0.39 is 12.0 Å². The molecule has 1 atom stereocenters. The van der Waals surface area contributed by atoms with Gasteiger partial charge in [-0.05, 0) is 33.8 Å². The number of ether oxygens (including phenoxy) is 1. The summed E-state index contributed by atoms with van der Waals surface area (Å²) >= 11 is 0. The van der Waals surface area contributed by atoms with E-state index >= 15 is 0 Å². The van der Waals surface area contributed by atoms with Crippen molar-refractivity contribution in [1.29, 1.82) is 0 Å². The number of carbonyl (C=O) groups excluding carboxylic acids is 1. The SMILES string of the molecule is CCn1cc(C(=O)NC(CCOC(C)(C)C)C(=O)O)c2ccccc21. The molecular weight excluding hydrogens is 320 g/mol. The van der Waals surface area contributed by atoms with Gasteiger partial charge in [-0.15, -0.1) is 0 Å². The first-order chi connectivity index (χ1) is 11.7. The Kier molecular flexibility index (Phi) is 5.85. The Morgan fingerprint density at radius 2 is 1.96 bits per heavy atom. The summed E-state index contributed by atoms with van der Waals surface area (Å²) < 4.78 is 7.55. The number of para-hydroxylation sites is 1. The van der Waals surface area contributed by atoms with Crippen molar-refractivity contribution in [1.82, 2.24) is 9.88 Å². The molecule has 1 aromatic heterocycles. The first-order valence-corrected chi connectivity index (χ1v) is 8.48. The van der Waals surface area contributed by atoms with Crippen LogP contribution in [-0.4, -0.2) is 39.8 Å². The summed E-state index contributed by atoms with van der Waals surface area (Å²) in [5, 5.41) is 12.8. The largest absolute Gasteiger partial charge is 0.480 e. The highest BCUT2D eigenvalue weighted by Gasteiger charge is 2.23. The third kappa shape index (κ3) is 4.82. The lowest BCUT2D eigenvalue weighted by molar-refractivity contribution is -0.140. The highest BCUT2D eigenvalue weighted by atomic mass is 16.5. The van der Waals surface area contributed by atoms with Gasteiger partial charge in [-0.3, -0.25) is 4.79 Å². The third-order valence-electron chi connectivity index (χ3n) is 3.92. The molecule has 1 heterocycles. The maximum absolute atomic E-state index is 12.6. The number of aryl methyl sites for hydroxylation is 1. The van der Waals surface area contributed by atoms with Crippen LogP contribution in [0.5, 0.6) is 0 Å². The number of fused-ring (bicyclic) bond motifs is 1. The first-order valence-electron chi connectivity index (χ1n) is 8.48. The quantitative estimate of drug-likeness (QED) is 0.807. The summed E-state index contributed by atoms with van der Waals surface area (Å²) in [6, 6.07) is 6.61. The van der Waals surface area contributed by atoms with Gasteiger partial charge in [0.05, 0.1) is 11.2 Å². The van der Waals surface area contributed by atoms with Crippen molar-refractivity contribution >= 4 is 22.8 Å². The molecule has 2 rings (SSSR count). The van der Waals surface area contributed by atoms with E-state index in [1.54, 1.807) is 6.20 Å². The molecule has 0 radical (unpaired) electrons. The number of benzene rings is 1. The topological polar surface area (TPSA) is 80.6 Å². The van der Waals surface area contributed by atoms with E-state index in [9.17, 15) is 14.7 Å². The summed E-state index contributed by atoms with van der Waals surface area (Å²) in [4.78, 5) is 24.1. The minimum absolute atomic E-state index is 0.213. The fourth-order valence-electron chi connectivity index (χ4n) is 2.67. The second kappa shape index (κ2) is 7.70. The fourth-order valence-corrected chi connectivity index (χ4v) is 2.67. The van der Waals surface area contributed by atoms with Crippen molar-refractivity contribution in [3.8, 4) is 0 Å². The molecule has 6 heteroatoms. The maximum atomic E-state index is 12.6. The molecule has 0 saturated heterocycles. The van der Waals surface area contributed by atoms with Gasteiger partial charge in [-0.1, -0.05) is 18.2 Å². The predicted molar refractivity (Wildman–Crippen MR) is 96.8 cm³/mol. The van der Waals surface area contributed by atoms with Crippen LogP contribution in [0.25, 0.3) is 10.9 Å². The molecule has 136 valence electrons. The number of carboxylic acid groups (broad SMARTS) is 1. The molecule has 1 amide bonds. The summed E-state index contributed by atoms with van der Waals surface area (Å²) in [5.74, 6) is -1.45. The van der Waals surface area contributed by atoms with Crippen LogP contribution in [0.3, 0.4) is 0 Å². The maximum Gasteiger partial charge on any atom is 0.326 e. The fraction of sp³-hybridized carbons (Fsp3) is 0.474. The Morgan fingerprint density at radius 3 is 2.56 bits per heavy atom. The minimum Gasteiger partial charge on any atom is -0.480 e. The van der Waals surface area contributed by atoms with Crippen molar-refractivity contribution < 1.29 is 19.4 Å². The standard InChI is InChI=1S/C19H26N2O4/c1-5-21-12-14(13-8-6-7-9-16(13)21)17(22)20-15(18(23)24)10-11-25-19(2,3)4/h6-9,12,15H,5,10-11H2,1-4H3,(H,20,22)(H,23,24). The van der Waals surface area contributed by atoms with Gasteiger partial charge in [0, 0.05) is 36.7 Å². The predicted octanol–water partition coefficient (Wildman–Crippen LogP) is 3.05. The number of nitrogens with zero attached hydrogens (tertiary/aromatic N) is 1. The van der Waals surface area contributed by atoms with Crippen LogP contribution < -0.4 is 5.32 Å². The second-order valence-corrected chi connectivity index (χ2v) is 6.96. The number of rotatable bonds is 7. The Balaban J connectivity index is 2.15. The Morgan fingerprint density at radius 1 is 1.28 bits per heavy atom. The van der Waals surface area contributed by atoms with Crippen molar-refractivity contribution in [2.45, 2.75) is 52.3 Å². The van der Waals surface area contributed by atoms with E-state index in [4.69, 9.17) is 4.74 Å². The van der Waals surface area contributed by atoms with E-state index in [1.807, 2.05) is 56.5 Å². The van der Waals surface area contributed by atoms with Crippen LogP contribution in [0.2, 0.25) is 0 Å². The average molecular weight is 346 g/mol. The monoisotopic (exact) mass is 346 g/mol. The van der Waals surface area contributed by atoms with Gasteiger partial charge >= 0.3 is 5.97 Å². The summed E-state index contributed by atoms with van der Waals surface area (Å²) in [6.07, 6.45) is 1.98. The minimum atomic E-state index is -1.06. The van der Waals surface area contributed by atoms with Crippen LogP contribution in [0.4, 0.5) is 0 Å². The molecule has 6 nitrogen and oxygen atoms in total. The molecule has 2 N–H and O–H groups in total. The van der Waals surface area contributed by atoms with Crippen LogP contribution in [-0.2, 0) is 16.1 Å². The molecule has 1 unspecified atom stereocenters. The van der Waals surface area contributed by atoms with Gasteiger partial charge in [0.2, 0.25) is 0 Å². The number of hydrogen-bond donors (Lipinski definition) is 2.